The number of rotatable bonds is 15. The van der Waals surface area contributed by atoms with Crippen molar-refractivity contribution in [2.75, 3.05) is 19.8 Å². The van der Waals surface area contributed by atoms with Gasteiger partial charge in [0.2, 0.25) is 0 Å². The molecule has 1 unspecified atom stereocenters. The highest BCUT2D eigenvalue weighted by Crippen LogP contribution is 2.40. The fraction of sp³-hybridized carbons (Fsp3) is 0.263. The molecule has 336 valence electrons. The first-order valence-electron chi connectivity index (χ1n) is 22.1. The Morgan fingerprint density at radius 3 is 1.94 bits per heavy atom. The minimum atomic E-state index is -1.17. The maximum atomic E-state index is 15.3. The van der Waals surface area contributed by atoms with E-state index in [2.05, 4.69) is 93.6 Å². The summed E-state index contributed by atoms with van der Waals surface area (Å²) >= 11 is 0. The van der Waals surface area contributed by atoms with Gasteiger partial charge >= 0.3 is 11.9 Å². The van der Waals surface area contributed by atoms with E-state index >= 15 is 4.39 Å². The lowest BCUT2D eigenvalue weighted by molar-refractivity contribution is -0.150. The van der Waals surface area contributed by atoms with Crippen molar-refractivity contribution in [2.24, 2.45) is 5.41 Å². The largest absolute Gasteiger partial charge is 0.486 e. The minimum Gasteiger partial charge on any atom is -0.486 e. The van der Waals surface area contributed by atoms with E-state index < -0.39 is 29.8 Å². The first-order chi connectivity index (χ1) is 31.2. The SMILES string of the molecule is Cc1ccc(C(C)CCC(=O)O)cc1/C=C/c1cccc(-c2ccccc2)c1C.Cc1ccc(CC[C@@](C)(CO)C(=O)O)cc1/C=C/c1cccc(-c2ccc3c(c2F)OCCO3)c1C. The van der Waals surface area contributed by atoms with Crippen molar-refractivity contribution in [1.82, 2.24) is 0 Å². The third kappa shape index (κ3) is 11.9. The van der Waals surface area contributed by atoms with E-state index in [0.29, 0.717) is 43.8 Å². The van der Waals surface area contributed by atoms with E-state index in [1.54, 1.807) is 19.1 Å². The highest BCUT2D eigenvalue weighted by atomic mass is 19.1. The van der Waals surface area contributed by atoms with Crippen LogP contribution in [0.1, 0.15) is 94.7 Å². The molecule has 1 aliphatic heterocycles. The molecule has 0 bridgehead atoms. The maximum Gasteiger partial charge on any atom is 0.311 e. The first-order valence-corrected chi connectivity index (χ1v) is 22.1. The van der Waals surface area contributed by atoms with Gasteiger partial charge in [-0.25, -0.2) is 4.39 Å². The van der Waals surface area contributed by atoms with E-state index in [-0.39, 0.29) is 18.1 Å². The number of hydrogen-bond acceptors (Lipinski definition) is 5. The van der Waals surface area contributed by atoms with Crippen molar-refractivity contribution >= 4 is 36.2 Å². The predicted molar refractivity (Wildman–Crippen MR) is 261 cm³/mol. The second-order valence-corrected chi connectivity index (χ2v) is 17.2. The van der Waals surface area contributed by atoms with Crippen LogP contribution in [0.4, 0.5) is 4.39 Å². The second-order valence-electron chi connectivity index (χ2n) is 17.2. The van der Waals surface area contributed by atoms with E-state index in [1.807, 2.05) is 68.5 Å². The monoisotopic (exact) mass is 874 g/mol. The van der Waals surface area contributed by atoms with Crippen LogP contribution >= 0.6 is 0 Å². The van der Waals surface area contributed by atoms with E-state index in [1.165, 1.54) is 38.9 Å². The normalized spacial score (nSPS) is 13.5. The van der Waals surface area contributed by atoms with Gasteiger partial charge in [-0.2, -0.15) is 0 Å². The van der Waals surface area contributed by atoms with Gasteiger partial charge in [-0.05, 0) is 144 Å². The third-order valence-corrected chi connectivity index (χ3v) is 12.5. The van der Waals surface area contributed by atoms with Gasteiger partial charge < -0.3 is 24.8 Å². The molecule has 0 aliphatic carbocycles. The molecule has 6 aromatic rings. The fourth-order valence-corrected chi connectivity index (χ4v) is 7.89. The van der Waals surface area contributed by atoms with E-state index in [4.69, 9.17) is 14.6 Å². The zero-order chi connectivity index (χ0) is 46.7. The number of ether oxygens (including phenoxy) is 2. The zero-order valence-corrected chi connectivity index (χ0v) is 38.2. The van der Waals surface area contributed by atoms with Gasteiger partial charge in [0.05, 0.1) is 12.0 Å². The van der Waals surface area contributed by atoms with Gasteiger partial charge in [-0.1, -0.05) is 134 Å². The lowest BCUT2D eigenvalue weighted by Crippen LogP contribution is -2.32. The molecule has 3 N–H and O–H groups in total. The van der Waals surface area contributed by atoms with Crippen molar-refractivity contribution in [3.8, 4) is 33.8 Å². The zero-order valence-electron chi connectivity index (χ0n) is 38.2. The number of aliphatic carboxylic acids is 2. The Balaban J connectivity index is 0.000000221. The predicted octanol–water partition coefficient (Wildman–Crippen LogP) is 13.2. The molecule has 1 aliphatic rings. The van der Waals surface area contributed by atoms with E-state index in [0.717, 1.165) is 33.4 Å². The van der Waals surface area contributed by atoms with Crippen molar-refractivity contribution in [3.63, 3.8) is 0 Å². The average Bonchev–Trinajstić information content (AvgIpc) is 3.31. The van der Waals surface area contributed by atoms with Gasteiger partial charge in [0.15, 0.2) is 17.3 Å². The Morgan fingerprint density at radius 1 is 0.692 bits per heavy atom. The Morgan fingerprint density at radius 2 is 1.29 bits per heavy atom. The highest BCUT2D eigenvalue weighted by molar-refractivity contribution is 5.80. The number of fused-ring (bicyclic) bond motifs is 1. The smallest absolute Gasteiger partial charge is 0.311 e. The van der Waals surface area contributed by atoms with Crippen LogP contribution in [0, 0.1) is 38.9 Å². The lowest BCUT2D eigenvalue weighted by atomic mass is 9.84. The molecule has 0 radical (unpaired) electrons. The Kier molecular flexibility index (Phi) is 16.0. The summed E-state index contributed by atoms with van der Waals surface area (Å²) in [7, 11) is 0. The molecular formula is C57H59FO7. The summed E-state index contributed by atoms with van der Waals surface area (Å²) in [5.41, 5.74) is 13.6. The molecule has 1 heterocycles. The summed E-state index contributed by atoms with van der Waals surface area (Å²) in [5, 5.41) is 27.9. The summed E-state index contributed by atoms with van der Waals surface area (Å²) in [6.07, 6.45) is 10.1. The lowest BCUT2D eigenvalue weighted by Gasteiger charge is -2.22. The van der Waals surface area contributed by atoms with Crippen molar-refractivity contribution in [1.29, 1.82) is 0 Å². The molecule has 0 saturated heterocycles. The number of halogens is 1. The van der Waals surface area contributed by atoms with Gasteiger partial charge in [-0.15, -0.1) is 0 Å². The van der Waals surface area contributed by atoms with Crippen LogP contribution in [-0.2, 0) is 16.0 Å². The number of aliphatic hydroxyl groups excluding tert-OH is 1. The second kappa shape index (κ2) is 21.7. The molecule has 0 spiro atoms. The Hall–Kier alpha value is -6.77. The summed E-state index contributed by atoms with van der Waals surface area (Å²) in [4.78, 5) is 22.4. The van der Waals surface area contributed by atoms with Crippen LogP contribution in [0.25, 0.3) is 46.6 Å². The Bertz CT molecular complexity index is 2700. The summed E-state index contributed by atoms with van der Waals surface area (Å²) in [5.74, 6) is -1.35. The standard InChI is InChI=1S/C30H31FO5.C27H28O2/c1-19-7-8-21(13-14-30(3,18-32)29(33)34)17-23(19)10-9-22-5-4-6-24(20(22)2)25-11-12-26-28(27(25)31)36-16-15-35-26;1-19-12-14-24(20(2)13-17-27(28)29)18-25(19)16-15-22-10-7-11-26(21(22)3)23-8-5-4-6-9-23/h4-12,17,32H,13-16,18H2,1-3H3,(H,33,34);4-12,14-16,18,20H,13,17H2,1-3H3,(H,28,29)/b10-9+;16-15+/t30-;/m0./s1. The average molecular weight is 875 g/mol. The highest BCUT2D eigenvalue weighted by Gasteiger charge is 2.32. The van der Waals surface area contributed by atoms with Crippen LogP contribution in [0.15, 0.2) is 115 Å². The summed E-state index contributed by atoms with van der Waals surface area (Å²) in [6.45, 7) is 12.2. The fourth-order valence-electron chi connectivity index (χ4n) is 7.89. The van der Waals surface area contributed by atoms with Crippen LogP contribution < -0.4 is 9.47 Å². The molecule has 8 heteroatoms. The first kappa shape index (κ1) is 47.7. The summed E-state index contributed by atoms with van der Waals surface area (Å²) in [6, 6.07) is 38.6. The van der Waals surface area contributed by atoms with Gasteiger partial charge in [0.1, 0.15) is 13.2 Å². The van der Waals surface area contributed by atoms with Crippen molar-refractivity contribution in [3.05, 3.63) is 177 Å². The number of carboxylic acid groups (broad SMARTS) is 2. The van der Waals surface area contributed by atoms with Crippen molar-refractivity contribution < 1.29 is 38.8 Å². The van der Waals surface area contributed by atoms with Gasteiger partial charge in [-0.3, -0.25) is 9.59 Å². The molecule has 0 fully saturated rings. The number of carboxylic acids is 2. The van der Waals surface area contributed by atoms with Crippen LogP contribution in [0.5, 0.6) is 11.5 Å². The number of aliphatic hydroxyl groups is 1. The van der Waals surface area contributed by atoms with Gasteiger partial charge in [0.25, 0.3) is 0 Å². The van der Waals surface area contributed by atoms with E-state index in [9.17, 15) is 19.8 Å². The van der Waals surface area contributed by atoms with Crippen molar-refractivity contribution in [2.45, 2.75) is 73.1 Å². The molecule has 0 amide bonds. The van der Waals surface area contributed by atoms with Crippen LogP contribution in [-0.4, -0.2) is 47.1 Å². The van der Waals surface area contributed by atoms with Gasteiger partial charge in [0, 0.05) is 12.0 Å². The number of carbonyl (C=O) groups is 2. The van der Waals surface area contributed by atoms with Crippen LogP contribution in [0.2, 0.25) is 0 Å². The molecule has 7 rings (SSSR count). The summed E-state index contributed by atoms with van der Waals surface area (Å²) < 4.78 is 26.3. The van der Waals surface area contributed by atoms with Crippen LogP contribution in [0.3, 0.4) is 0 Å². The molecule has 0 aromatic heterocycles. The quantitative estimate of drug-likeness (QED) is 0.0881. The molecule has 0 saturated carbocycles. The Labute approximate surface area is 382 Å². The third-order valence-electron chi connectivity index (χ3n) is 12.5. The number of hydrogen-bond donors (Lipinski definition) is 3. The molecule has 2 atom stereocenters. The molecular weight excluding hydrogens is 816 g/mol. The minimum absolute atomic E-state index is 0.159. The maximum absolute atomic E-state index is 15.3. The topological polar surface area (TPSA) is 113 Å². The number of aryl methyl sites for hydroxylation is 3. The molecule has 6 aromatic carbocycles. The molecule has 7 nitrogen and oxygen atoms in total. The molecule has 65 heavy (non-hydrogen) atoms. The number of benzene rings is 6.